The van der Waals surface area contributed by atoms with Gasteiger partial charge in [-0.3, -0.25) is 0 Å². The van der Waals surface area contributed by atoms with Gasteiger partial charge in [0.25, 0.3) is 0 Å². The maximum atomic E-state index is 11.1. The zero-order chi connectivity index (χ0) is 13.3. The molecule has 0 atom stereocenters. The SMILES string of the molecule is CCCn1cc(C(C)C)c2cc(C(=O)O)ccc21. The Morgan fingerprint density at radius 2 is 2.11 bits per heavy atom. The lowest BCUT2D eigenvalue weighted by Gasteiger charge is -2.03. The molecule has 1 heterocycles. The first-order valence-electron chi connectivity index (χ1n) is 6.40. The molecule has 1 aromatic heterocycles. The molecular weight excluding hydrogens is 226 g/mol. The maximum Gasteiger partial charge on any atom is 0.335 e. The summed E-state index contributed by atoms with van der Waals surface area (Å²) in [6, 6.07) is 5.39. The topological polar surface area (TPSA) is 42.2 Å². The summed E-state index contributed by atoms with van der Waals surface area (Å²) in [7, 11) is 0. The van der Waals surface area contributed by atoms with Gasteiger partial charge in [-0.2, -0.15) is 0 Å². The molecule has 0 radical (unpaired) electrons. The summed E-state index contributed by atoms with van der Waals surface area (Å²) in [5.41, 5.74) is 2.71. The fourth-order valence-electron chi connectivity index (χ4n) is 2.34. The summed E-state index contributed by atoms with van der Waals surface area (Å²) in [6.45, 7) is 7.39. The van der Waals surface area contributed by atoms with Crippen molar-refractivity contribution in [1.29, 1.82) is 0 Å². The first-order valence-corrected chi connectivity index (χ1v) is 6.40. The van der Waals surface area contributed by atoms with E-state index in [4.69, 9.17) is 5.11 Å². The maximum absolute atomic E-state index is 11.1. The van der Waals surface area contributed by atoms with Crippen molar-refractivity contribution in [3.8, 4) is 0 Å². The molecular formula is C15H19NO2. The van der Waals surface area contributed by atoms with E-state index in [-0.39, 0.29) is 0 Å². The Kier molecular flexibility index (Phi) is 3.41. The number of carboxylic acid groups (broad SMARTS) is 1. The van der Waals surface area contributed by atoms with Crippen LogP contribution in [0.2, 0.25) is 0 Å². The van der Waals surface area contributed by atoms with Crippen LogP contribution in [0, 0.1) is 0 Å². The van der Waals surface area contributed by atoms with Gasteiger partial charge in [0.1, 0.15) is 0 Å². The van der Waals surface area contributed by atoms with Gasteiger partial charge in [0, 0.05) is 23.6 Å². The molecule has 0 saturated heterocycles. The second-order valence-electron chi connectivity index (χ2n) is 4.97. The standard InChI is InChI=1S/C15H19NO2/c1-4-7-16-9-13(10(2)3)12-8-11(15(17)18)5-6-14(12)16/h5-6,8-10H,4,7H2,1-3H3,(H,17,18). The van der Waals surface area contributed by atoms with Gasteiger partial charge in [-0.15, -0.1) is 0 Å². The van der Waals surface area contributed by atoms with E-state index in [2.05, 4.69) is 31.5 Å². The molecule has 1 aromatic carbocycles. The number of fused-ring (bicyclic) bond motifs is 1. The number of nitrogens with zero attached hydrogens (tertiary/aromatic N) is 1. The minimum atomic E-state index is -0.866. The predicted octanol–water partition coefficient (Wildman–Crippen LogP) is 3.87. The van der Waals surface area contributed by atoms with Crippen molar-refractivity contribution in [3.05, 3.63) is 35.5 Å². The molecule has 0 aliphatic heterocycles. The summed E-state index contributed by atoms with van der Waals surface area (Å²) in [6.07, 6.45) is 3.23. The van der Waals surface area contributed by atoms with E-state index in [1.165, 1.54) is 5.56 Å². The van der Waals surface area contributed by atoms with Crippen LogP contribution in [-0.2, 0) is 6.54 Å². The van der Waals surface area contributed by atoms with Gasteiger partial charge in [-0.05, 0) is 36.1 Å². The molecule has 0 aliphatic rings. The Morgan fingerprint density at radius 1 is 1.39 bits per heavy atom. The Morgan fingerprint density at radius 3 is 2.67 bits per heavy atom. The summed E-state index contributed by atoms with van der Waals surface area (Å²) >= 11 is 0. The van der Waals surface area contributed by atoms with E-state index in [1.54, 1.807) is 12.1 Å². The van der Waals surface area contributed by atoms with Crippen LogP contribution < -0.4 is 0 Å². The quantitative estimate of drug-likeness (QED) is 0.888. The monoisotopic (exact) mass is 245 g/mol. The highest BCUT2D eigenvalue weighted by Gasteiger charge is 2.13. The Bertz CT molecular complexity index is 581. The number of aromatic carboxylic acids is 1. The lowest BCUT2D eigenvalue weighted by molar-refractivity contribution is 0.0697. The molecule has 96 valence electrons. The van der Waals surface area contributed by atoms with Crippen molar-refractivity contribution in [2.45, 2.75) is 39.7 Å². The van der Waals surface area contributed by atoms with Crippen molar-refractivity contribution in [2.24, 2.45) is 0 Å². The molecule has 0 fully saturated rings. The van der Waals surface area contributed by atoms with Crippen LogP contribution in [0.5, 0.6) is 0 Å². The highest BCUT2D eigenvalue weighted by atomic mass is 16.4. The molecule has 2 rings (SSSR count). The van der Waals surface area contributed by atoms with Crippen molar-refractivity contribution in [1.82, 2.24) is 4.57 Å². The molecule has 0 saturated carbocycles. The first kappa shape index (κ1) is 12.7. The van der Waals surface area contributed by atoms with E-state index >= 15 is 0 Å². The largest absolute Gasteiger partial charge is 0.478 e. The first-order chi connectivity index (χ1) is 8.54. The summed E-state index contributed by atoms with van der Waals surface area (Å²) in [5.74, 6) is -0.468. The van der Waals surface area contributed by atoms with Crippen LogP contribution in [0.15, 0.2) is 24.4 Å². The van der Waals surface area contributed by atoms with Gasteiger partial charge in [0.05, 0.1) is 5.56 Å². The van der Waals surface area contributed by atoms with Crippen LogP contribution in [0.25, 0.3) is 10.9 Å². The minimum absolute atomic E-state index is 0.360. The number of carbonyl (C=O) groups is 1. The second kappa shape index (κ2) is 4.84. The van der Waals surface area contributed by atoms with E-state index < -0.39 is 5.97 Å². The Hall–Kier alpha value is -1.77. The second-order valence-corrected chi connectivity index (χ2v) is 4.97. The normalized spacial score (nSPS) is 11.3. The number of carboxylic acids is 1. The Labute approximate surface area is 107 Å². The van der Waals surface area contributed by atoms with Crippen LogP contribution in [0.1, 0.15) is 49.0 Å². The van der Waals surface area contributed by atoms with Crippen molar-refractivity contribution < 1.29 is 9.90 Å². The molecule has 2 aromatic rings. The smallest absolute Gasteiger partial charge is 0.335 e. The third-order valence-corrected chi connectivity index (χ3v) is 3.25. The third-order valence-electron chi connectivity index (χ3n) is 3.25. The van der Waals surface area contributed by atoms with Crippen molar-refractivity contribution >= 4 is 16.9 Å². The predicted molar refractivity (Wildman–Crippen MR) is 73.3 cm³/mol. The highest BCUT2D eigenvalue weighted by molar-refractivity contribution is 5.95. The number of rotatable bonds is 4. The van der Waals surface area contributed by atoms with Gasteiger partial charge in [-0.1, -0.05) is 20.8 Å². The van der Waals surface area contributed by atoms with E-state index in [1.807, 2.05) is 6.07 Å². The van der Waals surface area contributed by atoms with Gasteiger partial charge in [0.15, 0.2) is 0 Å². The number of benzene rings is 1. The molecule has 3 nitrogen and oxygen atoms in total. The molecule has 0 spiro atoms. The molecule has 3 heteroatoms. The van der Waals surface area contributed by atoms with Gasteiger partial charge in [0.2, 0.25) is 0 Å². The van der Waals surface area contributed by atoms with Crippen LogP contribution in [0.4, 0.5) is 0 Å². The number of hydrogen-bond donors (Lipinski definition) is 1. The highest BCUT2D eigenvalue weighted by Crippen LogP contribution is 2.28. The summed E-state index contributed by atoms with van der Waals surface area (Å²) < 4.78 is 2.22. The molecule has 0 bridgehead atoms. The number of aryl methyl sites for hydroxylation is 1. The number of aromatic nitrogens is 1. The van der Waals surface area contributed by atoms with Gasteiger partial charge in [-0.25, -0.2) is 4.79 Å². The van der Waals surface area contributed by atoms with Crippen LogP contribution >= 0.6 is 0 Å². The molecule has 0 amide bonds. The fourth-order valence-corrected chi connectivity index (χ4v) is 2.34. The fraction of sp³-hybridized carbons (Fsp3) is 0.400. The zero-order valence-electron chi connectivity index (χ0n) is 11.1. The molecule has 1 N–H and O–H groups in total. The average molecular weight is 245 g/mol. The van der Waals surface area contributed by atoms with Gasteiger partial charge < -0.3 is 9.67 Å². The summed E-state index contributed by atoms with van der Waals surface area (Å²) in [5, 5.41) is 10.1. The number of hydrogen-bond acceptors (Lipinski definition) is 1. The van der Waals surface area contributed by atoms with E-state index in [0.29, 0.717) is 11.5 Å². The minimum Gasteiger partial charge on any atom is -0.478 e. The lowest BCUT2D eigenvalue weighted by Crippen LogP contribution is -1.97. The summed E-state index contributed by atoms with van der Waals surface area (Å²) in [4.78, 5) is 11.1. The van der Waals surface area contributed by atoms with Crippen LogP contribution in [0.3, 0.4) is 0 Å². The molecule has 18 heavy (non-hydrogen) atoms. The Balaban J connectivity index is 2.67. The van der Waals surface area contributed by atoms with Crippen molar-refractivity contribution in [2.75, 3.05) is 0 Å². The van der Waals surface area contributed by atoms with Crippen LogP contribution in [-0.4, -0.2) is 15.6 Å². The molecule has 0 aliphatic carbocycles. The zero-order valence-corrected chi connectivity index (χ0v) is 11.1. The molecule has 0 unspecified atom stereocenters. The van der Waals surface area contributed by atoms with Crippen molar-refractivity contribution in [3.63, 3.8) is 0 Å². The van der Waals surface area contributed by atoms with E-state index in [9.17, 15) is 4.79 Å². The van der Waals surface area contributed by atoms with Gasteiger partial charge >= 0.3 is 5.97 Å². The average Bonchev–Trinajstić information content (AvgIpc) is 2.68. The third kappa shape index (κ3) is 2.13. The lowest BCUT2D eigenvalue weighted by atomic mass is 10.0. The van der Waals surface area contributed by atoms with E-state index in [0.717, 1.165) is 23.9 Å².